The lowest BCUT2D eigenvalue weighted by molar-refractivity contribution is -0.137. The number of carboxylic acids is 1. The highest BCUT2D eigenvalue weighted by molar-refractivity contribution is 7.09. The summed E-state index contributed by atoms with van der Waals surface area (Å²) in [5.74, 6) is -1.69. The van der Waals surface area contributed by atoms with Gasteiger partial charge in [0.15, 0.2) is 0 Å². The first kappa shape index (κ1) is 15.9. The molecule has 0 aromatic carbocycles. The number of carbonyl (C=O) groups is 3. The highest BCUT2D eigenvalue weighted by Gasteiger charge is 2.13. The fourth-order valence-corrected chi connectivity index (χ4v) is 2.12. The van der Waals surface area contributed by atoms with Crippen LogP contribution in [0, 0.1) is 6.92 Å². The van der Waals surface area contributed by atoms with E-state index in [0.29, 0.717) is 6.54 Å². The summed E-state index contributed by atoms with van der Waals surface area (Å²) >= 11 is 1.45. The molecule has 0 aliphatic carbocycles. The van der Waals surface area contributed by atoms with Gasteiger partial charge in [0.1, 0.15) is 6.54 Å². The molecular weight excluding hydrogens is 284 g/mol. The lowest BCUT2D eigenvalue weighted by Crippen LogP contribution is -2.43. The van der Waals surface area contributed by atoms with Gasteiger partial charge in [0.2, 0.25) is 5.91 Å². The van der Waals surface area contributed by atoms with E-state index in [1.807, 2.05) is 6.92 Å². The Balaban J connectivity index is 2.33. The van der Waals surface area contributed by atoms with Gasteiger partial charge < -0.3 is 20.6 Å². The van der Waals surface area contributed by atoms with Crippen molar-refractivity contribution in [1.82, 2.24) is 20.5 Å². The van der Waals surface area contributed by atoms with Gasteiger partial charge in [0.25, 0.3) is 0 Å². The number of nitrogens with zero attached hydrogens (tertiary/aromatic N) is 2. The van der Waals surface area contributed by atoms with Gasteiger partial charge in [-0.15, -0.1) is 11.3 Å². The minimum atomic E-state index is -1.14. The number of thiazole rings is 1. The smallest absolute Gasteiger partial charge is 0.322 e. The highest BCUT2D eigenvalue weighted by Crippen LogP contribution is 2.13. The van der Waals surface area contributed by atoms with E-state index in [0.717, 1.165) is 10.6 Å². The van der Waals surface area contributed by atoms with Crippen LogP contribution in [0.15, 0.2) is 5.51 Å². The number of rotatable bonds is 6. The molecule has 0 radical (unpaired) electrons. The van der Waals surface area contributed by atoms with Gasteiger partial charge in [-0.3, -0.25) is 9.59 Å². The number of aryl methyl sites for hydroxylation is 1. The second-order valence-electron chi connectivity index (χ2n) is 4.05. The third-order valence-electron chi connectivity index (χ3n) is 2.41. The molecule has 1 aromatic heterocycles. The molecular formula is C11H16N4O4S. The Morgan fingerprint density at radius 2 is 2.05 bits per heavy atom. The lowest BCUT2D eigenvalue weighted by atomic mass is 10.4. The fraction of sp³-hybridized carbons (Fsp3) is 0.455. The molecule has 3 N–H and O–H groups in total. The van der Waals surface area contributed by atoms with E-state index >= 15 is 0 Å². The van der Waals surface area contributed by atoms with Crippen LogP contribution in [0.5, 0.6) is 0 Å². The van der Waals surface area contributed by atoms with Gasteiger partial charge in [-0.2, -0.15) is 0 Å². The minimum Gasteiger partial charge on any atom is -0.480 e. The monoisotopic (exact) mass is 300 g/mol. The number of amides is 3. The maximum absolute atomic E-state index is 11.7. The lowest BCUT2D eigenvalue weighted by Gasteiger charge is -2.17. The first-order valence-corrected chi connectivity index (χ1v) is 6.64. The van der Waals surface area contributed by atoms with Crippen LogP contribution >= 0.6 is 11.3 Å². The summed E-state index contributed by atoms with van der Waals surface area (Å²) in [6.45, 7) is 1.53. The predicted octanol–water partition coefficient (Wildman–Crippen LogP) is -0.206. The molecule has 20 heavy (non-hydrogen) atoms. The van der Waals surface area contributed by atoms with Crippen molar-refractivity contribution < 1.29 is 19.5 Å². The molecule has 0 saturated carbocycles. The average Bonchev–Trinajstić information content (AvgIpc) is 2.79. The maximum atomic E-state index is 11.7. The SMILES string of the molecule is Cc1ncsc1CN(C)C(=O)NCC(=O)NCC(=O)O. The van der Waals surface area contributed by atoms with Crippen LogP contribution in [-0.4, -0.2) is 53.0 Å². The standard InChI is InChI=1S/C11H16N4O4S/c1-7-8(20-6-14-7)5-15(2)11(19)13-3-9(16)12-4-10(17)18/h6H,3-5H2,1-2H3,(H,12,16)(H,13,19)(H,17,18). The third kappa shape index (κ3) is 5.22. The Labute approximate surface area is 119 Å². The van der Waals surface area contributed by atoms with Crippen LogP contribution in [-0.2, 0) is 16.1 Å². The molecule has 9 heteroatoms. The molecule has 0 aliphatic heterocycles. The van der Waals surface area contributed by atoms with E-state index in [1.54, 1.807) is 12.6 Å². The summed E-state index contributed by atoms with van der Waals surface area (Å²) in [5, 5.41) is 12.9. The van der Waals surface area contributed by atoms with Crippen molar-refractivity contribution in [3.63, 3.8) is 0 Å². The number of nitrogens with one attached hydrogen (secondary N) is 2. The number of hydrogen-bond acceptors (Lipinski definition) is 5. The maximum Gasteiger partial charge on any atom is 0.322 e. The number of hydrogen-bond donors (Lipinski definition) is 3. The van der Waals surface area contributed by atoms with Crippen molar-refractivity contribution in [2.24, 2.45) is 0 Å². The van der Waals surface area contributed by atoms with Crippen molar-refractivity contribution in [3.8, 4) is 0 Å². The molecule has 0 aliphatic rings. The topological polar surface area (TPSA) is 112 Å². The Morgan fingerprint density at radius 3 is 2.60 bits per heavy atom. The Hall–Kier alpha value is -2.16. The number of carbonyl (C=O) groups excluding carboxylic acids is 2. The molecule has 0 fully saturated rings. The second kappa shape index (κ2) is 7.43. The van der Waals surface area contributed by atoms with E-state index in [1.165, 1.54) is 16.2 Å². The molecule has 0 bridgehead atoms. The normalized spacial score (nSPS) is 9.90. The van der Waals surface area contributed by atoms with E-state index in [-0.39, 0.29) is 6.54 Å². The minimum absolute atomic E-state index is 0.266. The summed E-state index contributed by atoms with van der Waals surface area (Å²) in [7, 11) is 1.60. The second-order valence-corrected chi connectivity index (χ2v) is 4.99. The number of urea groups is 1. The largest absolute Gasteiger partial charge is 0.480 e. The van der Waals surface area contributed by atoms with E-state index in [4.69, 9.17) is 5.11 Å². The summed E-state index contributed by atoms with van der Waals surface area (Å²) in [6.07, 6.45) is 0. The molecule has 1 rings (SSSR count). The molecule has 0 atom stereocenters. The van der Waals surface area contributed by atoms with Crippen LogP contribution in [0.1, 0.15) is 10.6 Å². The zero-order valence-electron chi connectivity index (χ0n) is 11.2. The van der Waals surface area contributed by atoms with Crippen LogP contribution in [0.25, 0.3) is 0 Å². The van der Waals surface area contributed by atoms with Gasteiger partial charge in [0.05, 0.1) is 24.3 Å². The Morgan fingerprint density at radius 1 is 1.35 bits per heavy atom. The summed E-state index contributed by atoms with van der Waals surface area (Å²) in [4.78, 5) is 39.7. The quantitative estimate of drug-likeness (QED) is 0.673. The van der Waals surface area contributed by atoms with E-state index in [2.05, 4.69) is 15.6 Å². The van der Waals surface area contributed by atoms with Gasteiger partial charge in [-0.1, -0.05) is 0 Å². The van der Waals surface area contributed by atoms with Crippen molar-refractivity contribution in [2.45, 2.75) is 13.5 Å². The first-order valence-electron chi connectivity index (χ1n) is 5.76. The zero-order chi connectivity index (χ0) is 15.1. The van der Waals surface area contributed by atoms with Gasteiger partial charge >= 0.3 is 12.0 Å². The van der Waals surface area contributed by atoms with E-state index in [9.17, 15) is 14.4 Å². The van der Waals surface area contributed by atoms with Crippen molar-refractivity contribution in [2.75, 3.05) is 20.1 Å². The van der Waals surface area contributed by atoms with Crippen molar-refractivity contribution in [1.29, 1.82) is 0 Å². The van der Waals surface area contributed by atoms with Gasteiger partial charge in [-0.25, -0.2) is 9.78 Å². The van der Waals surface area contributed by atoms with Crippen LogP contribution < -0.4 is 10.6 Å². The third-order valence-corrected chi connectivity index (χ3v) is 3.33. The first-order chi connectivity index (χ1) is 9.40. The molecule has 110 valence electrons. The molecule has 0 saturated heterocycles. The highest BCUT2D eigenvalue weighted by atomic mass is 32.1. The number of aromatic nitrogens is 1. The summed E-state index contributed by atoms with van der Waals surface area (Å²) in [5.41, 5.74) is 2.57. The molecule has 1 aromatic rings. The average molecular weight is 300 g/mol. The number of aliphatic carboxylic acids is 1. The zero-order valence-corrected chi connectivity index (χ0v) is 12.0. The van der Waals surface area contributed by atoms with Crippen LogP contribution in [0.3, 0.4) is 0 Å². The molecule has 1 heterocycles. The van der Waals surface area contributed by atoms with Crippen LogP contribution in [0.4, 0.5) is 4.79 Å². The summed E-state index contributed by atoms with van der Waals surface area (Å²) < 4.78 is 0. The van der Waals surface area contributed by atoms with Crippen molar-refractivity contribution in [3.05, 3.63) is 16.1 Å². The fourth-order valence-electron chi connectivity index (χ4n) is 1.29. The van der Waals surface area contributed by atoms with Gasteiger partial charge in [0, 0.05) is 11.9 Å². The number of carboxylic acid groups (broad SMARTS) is 1. The molecule has 0 spiro atoms. The Kier molecular flexibility index (Phi) is 5.91. The van der Waals surface area contributed by atoms with Crippen LogP contribution in [0.2, 0.25) is 0 Å². The molecule has 8 nitrogen and oxygen atoms in total. The van der Waals surface area contributed by atoms with Gasteiger partial charge in [-0.05, 0) is 6.92 Å². The predicted molar refractivity (Wildman–Crippen MR) is 72.4 cm³/mol. The Bertz CT molecular complexity index is 502. The molecule has 0 unspecified atom stereocenters. The summed E-state index contributed by atoms with van der Waals surface area (Å²) in [6, 6.07) is -0.414. The molecule has 3 amide bonds. The van der Waals surface area contributed by atoms with Crippen molar-refractivity contribution >= 4 is 29.2 Å². The van der Waals surface area contributed by atoms with E-state index < -0.39 is 24.5 Å².